The third-order valence-electron chi connectivity index (χ3n) is 5.77. The molecule has 0 saturated carbocycles. The maximum atomic E-state index is 14.3. The van der Waals surface area contributed by atoms with Crippen LogP contribution in [0.3, 0.4) is 0 Å². The van der Waals surface area contributed by atoms with Crippen LogP contribution in [0.15, 0.2) is 60.7 Å². The Bertz CT molecular complexity index is 1220. The summed E-state index contributed by atoms with van der Waals surface area (Å²) in [5, 5.41) is 0. The fraction of sp³-hybridized carbons (Fsp3) is 0.269. The average Bonchev–Trinajstić information content (AvgIpc) is 3.11. The summed E-state index contributed by atoms with van der Waals surface area (Å²) < 4.78 is 30.6. The van der Waals surface area contributed by atoms with Crippen LogP contribution in [0.1, 0.15) is 37.0 Å². The van der Waals surface area contributed by atoms with E-state index in [9.17, 15) is 8.78 Å². The highest BCUT2D eigenvalue weighted by molar-refractivity contribution is 5.87. The number of aromatic nitrogens is 2. The number of aryl methyl sites for hydroxylation is 3. The average molecular weight is 405 g/mol. The van der Waals surface area contributed by atoms with Crippen LogP contribution in [-0.2, 0) is 12.5 Å². The number of fused-ring (bicyclic) bond motifs is 1. The van der Waals surface area contributed by atoms with E-state index in [0.717, 1.165) is 28.0 Å². The van der Waals surface area contributed by atoms with Gasteiger partial charge < -0.3 is 4.57 Å². The quantitative estimate of drug-likeness (QED) is 0.336. The molecule has 0 aliphatic heterocycles. The predicted molar refractivity (Wildman–Crippen MR) is 120 cm³/mol. The number of imidazole rings is 1. The third kappa shape index (κ3) is 3.41. The topological polar surface area (TPSA) is 17.8 Å². The normalized spacial score (nSPS) is 11.9. The molecule has 0 fully saturated rings. The minimum absolute atomic E-state index is 0.0208. The van der Waals surface area contributed by atoms with Crippen molar-refractivity contribution in [3.63, 3.8) is 0 Å². The van der Waals surface area contributed by atoms with E-state index >= 15 is 0 Å². The Morgan fingerprint density at radius 3 is 2.27 bits per heavy atom. The number of rotatable bonds is 5. The van der Waals surface area contributed by atoms with E-state index in [0.29, 0.717) is 12.1 Å². The van der Waals surface area contributed by atoms with Crippen LogP contribution in [0.25, 0.3) is 33.5 Å². The SMILES string of the molecule is CCn1c(-c2ccccc2-c2ccc(C)cc2C)nc2cc(C(F)(F)CC)ccc21. The number of hydrogen-bond acceptors (Lipinski definition) is 1. The second kappa shape index (κ2) is 7.67. The monoisotopic (exact) mass is 404 g/mol. The number of halogens is 2. The van der Waals surface area contributed by atoms with Crippen molar-refractivity contribution in [3.8, 4) is 22.5 Å². The van der Waals surface area contributed by atoms with Crippen molar-refractivity contribution in [3.05, 3.63) is 77.4 Å². The maximum Gasteiger partial charge on any atom is 0.273 e. The molecule has 0 aliphatic carbocycles. The molecule has 0 radical (unpaired) electrons. The molecule has 0 saturated heterocycles. The first-order valence-electron chi connectivity index (χ1n) is 10.4. The standard InChI is InChI=1S/C26H26F2N2/c1-5-26(27,28)19-12-14-24-23(16-19)29-25(30(24)6-2)22-10-8-7-9-21(22)20-13-11-17(3)15-18(20)4/h7-16H,5-6H2,1-4H3. The minimum atomic E-state index is -2.85. The molecule has 1 heterocycles. The fourth-order valence-electron chi connectivity index (χ4n) is 4.12. The van der Waals surface area contributed by atoms with Crippen LogP contribution in [0.5, 0.6) is 0 Å². The van der Waals surface area contributed by atoms with E-state index in [2.05, 4.69) is 55.7 Å². The Morgan fingerprint density at radius 2 is 1.60 bits per heavy atom. The molecular formula is C26H26F2N2. The lowest BCUT2D eigenvalue weighted by atomic mass is 9.94. The van der Waals surface area contributed by atoms with E-state index in [-0.39, 0.29) is 12.0 Å². The van der Waals surface area contributed by atoms with Crippen LogP contribution < -0.4 is 0 Å². The van der Waals surface area contributed by atoms with Gasteiger partial charge in [-0.05, 0) is 49.6 Å². The molecule has 154 valence electrons. The Balaban J connectivity index is 1.94. The first-order valence-corrected chi connectivity index (χ1v) is 10.4. The van der Waals surface area contributed by atoms with Gasteiger partial charge in [0.15, 0.2) is 0 Å². The molecule has 0 unspecified atom stereocenters. The number of nitrogens with zero attached hydrogens (tertiary/aromatic N) is 2. The van der Waals surface area contributed by atoms with Gasteiger partial charge in [0.1, 0.15) is 5.82 Å². The van der Waals surface area contributed by atoms with Crippen molar-refractivity contribution >= 4 is 11.0 Å². The molecule has 0 bridgehead atoms. The van der Waals surface area contributed by atoms with E-state index < -0.39 is 5.92 Å². The second-order valence-electron chi connectivity index (χ2n) is 7.81. The molecule has 30 heavy (non-hydrogen) atoms. The molecule has 2 nitrogen and oxygen atoms in total. The number of hydrogen-bond donors (Lipinski definition) is 0. The highest BCUT2D eigenvalue weighted by Crippen LogP contribution is 2.37. The molecule has 0 N–H and O–H groups in total. The molecular weight excluding hydrogens is 378 g/mol. The third-order valence-corrected chi connectivity index (χ3v) is 5.77. The van der Waals surface area contributed by atoms with Crippen molar-refractivity contribution in [2.75, 3.05) is 0 Å². The molecule has 0 aliphatic rings. The van der Waals surface area contributed by atoms with Gasteiger partial charge in [0, 0.05) is 24.1 Å². The first-order chi connectivity index (χ1) is 14.4. The number of alkyl halides is 2. The molecule has 4 aromatic rings. The van der Waals surface area contributed by atoms with Gasteiger partial charge >= 0.3 is 0 Å². The zero-order valence-corrected chi connectivity index (χ0v) is 17.8. The molecule has 0 spiro atoms. The lowest BCUT2D eigenvalue weighted by Crippen LogP contribution is -2.11. The van der Waals surface area contributed by atoms with Gasteiger partial charge in [0.2, 0.25) is 0 Å². The van der Waals surface area contributed by atoms with Crippen LogP contribution in [-0.4, -0.2) is 9.55 Å². The van der Waals surface area contributed by atoms with Crippen molar-refractivity contribution in [1.82, 2.24) is 9.55 Å². The van der Waals surface area contributed by atoms with Crippen LogP contribution in [0.4, 0.5) is 8.78 Å². The lowest BCUT2D eigenvalue weighted by molar-refractivity contribution is -0.00816. The summed E-state index contributed by atoms with van der Waals surface area (Å²) in [5.74, 6) is -2.04. The van der Waals surface area contributed by atoms with E-state index in [1.807, 2.05) is 12.1 Å². The molecule has 0 amide bonds. The second-order valence-corrected chi connectivity index (χ2v) is 7.81. The van der Waals surface area contributed by atoms with E-state index in [4.69, 9.17) is 4.98 Å². The minimum Gasteiger partial charge on any atom is -0.324 e. The van der Waals surface area contributed by atoms with Crippen LogP contribution >= 0.6 is 0 Å². The Hall–Kier alpha value is -3.01. The fourth-order valence-corrected chi connectivity index (χ4v) is 4.12. The van der Waals surface area contributed by atoms with Gasteiger partial charge in [-0.2, -0.15) is 0 Å². The highest BCUT2D eigenvalue weighted by Gasteiger charge is 2.29. The van der Waals surface area contributed by atoms with Crippen molar-refractivity contribution in [2.24, 2.45) is 0 Å². The van der Waals surface area contributed by atoms with Crippen molar-refractivity contribution < 1.29 is 8.78 Å². The van der Waals surface area contributed by atoms with Gasteiger partial charge in [-0.3, -0.25) is 0 Å². The highest BCUT2D eigenvalue weighted by atomic mass is 19.3. The molecule has 4 rings (SSSR count). The van der Waals surface area contributed by atoms with E-state index in [1.54, 1.807) is 6.07 Å². The first kappa shape index (κ1) is 20.3. The van der Waals surface area contributed by atoms with Crippen LogP contribution in [0.2, 0.25) is 0 Å². The summed E-state index contributed by atoms with van der Waals surface area (Å²) in [4.78, 5) is 4.83. The largest absolute Gasteiger partial charge is 0.324 e. The molecule has 3 aromatic carbocycles. The predicted octanol–water partition coefficient (Wildman–Crippen LogP) is 7.51. The molecule has 0 atom stereocenters. The Morgan fingerprint density at radius 1 is 0.867 bits per heavy atom. The summed E-state index contributed by atoms with van der Waals surface area (Å²) in [5.41, 5.74) is 7.18. The van der Waals surface area contributed by atoms with Gasteiger partial charge in [-0.15, -0.1) is 0 Å². The van der Waals surface area contributed by atoms with Crippen LogP contribution in [0, 0.1) is 13.8 Å². The summed E-state index contributed by atoms with van der Waals surface area (Å²) in [6, 6.07) is 19.4. The van der Waals surface area contributed by atoms with Gasteiger partial charge in [0.05, 0.1) is 11.0 Å². The summed E-state index contributed by atoms with van der Waals surface area (Å²) >= 11 is 0. The van der Waals surface area contributed by atoms with Crippen molar-refractivity contribution in [2.45, 2.75) is 46.6 Å². The van der Waals surface area contributed by atoms with Gasteiger partial charge in [-0.1, -0.05) is 61.0 Å². The van der Waals surface area contributed by atoms with Gasteiger partial charge in [-0.25, -0.2) is 13.8 Å². The zero-order chi connectivity index (χ0) is 21.5. The summed E-state index contributed by atoms with van der Waals surface area (Å²) in [6.45, 7) is 8.46. The van der Waals surface area contributed by atoms with Crippen molar-refractivity contribution in [1.29, 1.82) is 0 Å². The maximum absolute atomic E-state index is 14.3. The number of benzene rings is 3. The summed E-state index contributed by atoms with van der Waals surface area (Å²) in [7, 11) is 0. The molecule has 4 heteroatoms. The molecule has 1 aromatic heterocycles. The van der Waals surface area contributed by atoms with E-state index in [1.165, 1.54) is 30.2 Å². The Kier molecular flexibility index (Phi) is 5.19. The smallest absolute Gasteiger partial charge is 0.273 e. The Labute approximate surface area is 176 Å². The lowest BCUT2D eigenvalue weighted by Gasteiger charge is -2.14. The zero-order valence-electron chi connectivity index (χ0n) is 17.8. The van der Waals surface area contributed by atoms with Gasteiger partial charge in [0.25, 0.3) is 5.92 Å². The summed E-state index contributed by atoms with van der Waals surface area (Å²) in [6.07, 6.45) is -0.227.